The molecule has 1 aliphatic rings. The molecule has 3 rings (SSSR count). The number of aliphatic hydroxyl groups excluding tert-OH is 3. The van der Waals surface area contributed by atoms with E-state index in [9.17, 15) is 15.4 Å². The van der Waals surface area contributed by atoms with Crippen molar-refractivity contribution in [2.75, 3.05) is 13.7 Å². The molecule has 4 N–H and O–H groups in total. The van der Waals surface area contributed by atoms with Gasteiger partial charge in [-0.15, -0.1) is 0 Å². The minimum atomic E-state index is -1.23. The molecule has 1 aliphatic heterocycles. The van der Waals surface area contributed by atoms with Crippen LogP contribution in [0.5, 0.6) is 0 Å². The highest BCUT2D eigenvalue weighted by molar-refractivity contribution is 5.68. The van der Waals surface area contributed by atoms with Crippen LogP contribution in [0.25, 0.3) is 11.2 Å². The normalized spacial score (nSPS) is 30.4. The monoisotopic (exact) mass is 297 g/mol. The van der Waals surface area contributed by atoms with Crippen LogP contribution in [0.1, 0.15) is 6.23 Å². The summed E-state index contributed by atoms with van der Waals surface area (Å²) in [6.07, 6.45) is -1.75. The highest BCUT2D eigenvalue weighted by atomic mass is 16.6. The van der Waals surface area contributed by atoms with Gasteiger partial charge in [-0.1, -0.05) is 0 Å². The minimum Gasteiger partial charge on any atom is -0.425 e. The number of ether oxygens (including phenoxy) is 1. The number of hydrogen-bond acceptors (Lipinski definition) is 8. The Balaban J connectivity index is 2.11. The third-order valence-electron chi connectivity index (χ3n) is 3.49. The van der Waals surface area contributed by atoms with Crippen LogP contribution in [-0.2, 0) is 4.74 Å². The average Bonchev–Trinajstić information content (AvgIpc) is 3.02. The lowest BCUT2D eigenvalue weighted by Gasteiger charge is -2.16. The SMILES string of the molecule is CN=c1c2ncn([C@@H]3O[C@H](CO)[C@@H](O)[C@H]3O)c2ncn1O. The van der Waals surface area contributed by atoms with Crippen LogP contribution in [0.4, 0.5) is 0 Å². The van der Waals surface area contributed by atoms with Crippen molar-refractivity contribution >= 4 is 11.2 Å². The second-order valence-electron chi connectivity index (χ2n) is 4.69. The summed E-state index contributed by atoms with van der Waals surface area (Å²) in [6, 6.07) is 0. The number of aromatic nitrogens is 4. The largest absolute Gasteiger partial charge is 0.425 e. The lowest BCUT2D eigenvalue weighted by molar-refractivity contribution is -0.0511. The maximum absolute atomic E-state index is 10.0. The van der Waals surface area contributed by atoms with Gasteiger partial charge < -0.3 is 25.3 Å². The van der Waals surface area contributed by atoms with Crippen molar-refractivity contribution in [2.24, 2.45) is 4.99 Å². The van der Waals surface area contributed by atoms with E-state index >= 15 is 0 Å². The Kier molecular flexibility index (Phi) is 3.37. The highest BCUT2D eigenvalue weighted by Crippen LogP contribution is 2.30. The molecule has 0 bridgehead atoms. The predicted molar refractivity (Wildman–Crippen MR) is 67.2 cm³/mol. The molecule has 1 fully saturated rings. The molecule has 0 aliphatic carbocycles. The molecule has 3 heterocycles. The summed E-state index contributed by atoms with van der Waals surface area (Å²) in [6.45, 7) is -0.416. The smallest absolute Gasteiger partial charge is 0.194 e. The fourth-order valence-corrected chi connectivity index (χ4v) is 2.42. The first-order valence-electron chi connectivity index (χ1n) is 6.27. The lowest BCUT2D eigenvalue weighted by Crippen LogP contribution is -2.33. The molecule has 0 spiro atoms. The molecule has 1 saturated heterocycles. The van der Waals surface area contributed by atoms with Crippen molar-refractivity contribution in [1.29, 1.82) is 0 Å². The average molecular weight is 297 g/mol. The van der Waals surface area contributed by atoms with Crippen LogP contribution >= 0.6 is 0 Å². The molecule has 2 aromatic rings. The Hall–Kier alpha value is -2.01. The first-order valence-corrected chi connectivity index (χ1v) is 6.27. The second-order valence-corrected chi connectivity index (χ2v) is 4.69. The number of aliphatic hydroxyl groups is 3. The van der Waals surface area contributed by atoms with Gasteiger partial charge >= 0.3 is 0 Å². The van der Waals surface area contributed by atoms with E-state index in [4.69, 9.17) is 9.84 Å². The van der Waals surface area contributed by atoms with Crippen LogP contribution in [0.15, 0.2) is 17.6 Å². The number of nitrogens with zero attached hydrogens (tertiary/aromatic N) is 5. The van der Waals surface area contributed by atoms with Gasteiger partial charge in [-0.3, -0.25) is 9.56 Å². The minimum absolute atomic E-state index is 0.200. The van der Waals surface area contributed by atoms with E-state index in [1.54, 1.807) is 0 Å². The van der Waals surface area contributed by atoms with Crippen LogP contribution in [0, 0.1) is 0 Å². The summed E-state index contributed by atoms with van der Waals surface area (Å²) < 4.78 is 7.58. The first kappa shape index (κ1) is 13.9. The first-order chi connectivity index (χ1) is 10.1. The molecular weight excluding hydrogens is 282 g/mol. The summed E-state index contributed by atoms with van der Waals surface area (Å²) in [5, 5.41) is 38.6. The lowest BCUT2D eigenvalue weighted by atomic mass is 10.1. The highest BCUT2D eigenvalue weighted by Gasteiger charge is 2.43. The van der Waals surface area contributed by atoms with Gasteiger partial charge in [0, 0.05) is 7.05 Å². The maximum atomic E-state index is 10.0. The van der Waals surface area contributed by atoms with Gasteiger partial charge in [0.15, 0.2) is 22.9 Å². The summed E-state index contributed by atoms with van der Waals surface area (Å²) in [4.78, 5) is 12.0. The Morgan fingerprint density at radius 3 is 2.67 bits per heavy atom. The van der Waals surface area contributed by atoms with E-state index in [-0.39, 0.29) is 5.49 Å². The number of hydrogen-bond donors (Lipinski definition) is 4. The molecule has 0 saturated carbocycles. The van der Waals surface area contributed by atoms with Gasteiger partial charge in [-0.05, 0) is 0 Å². The van der Waals surface area contributed by atoms with E-state index in [1.807, 2.05) is 0 Å². The van der Waals surface area contributed by atoms with E-state index in [1.165, 1.54) is 17.9 Å². The number of imidazole rings is 1. The zero-order valence-electron chi connectivity index (χ0n) is 11.1. The molecule has 2 aromatic heterocycles. The molecule has 0 unspecified atom stereocenters. The molecule has 4 atom stereocenters. The van der Waals surface area contributed by atoms with Gasteiger partial charge in [0.1, 0.15) is 24.6 Å². The van der Waals surface area contributed by atoms with Crippen molar-refractivity contribution in [1.82, 2.24) is 19.3 Å². The molecular formula is C11H15N5O5. The van der Waals surface area contributed by atoms with E-state index in [0.29, 0.717) is 11.2 Å². The molecule has 0 radical (unpaired) electrons. The molecule has 114 valence electrons. The summed E-state index contributed by atoms with van der Waals surface area (Å²) in [5.41, 5.74) is 0.849. The van der Waals surface area contributed by atoms with Gasteiger partial charge in [0.25, 0.3) is 0 Å². The third kappa shape index (κ3) is 2.00. The van der Waals surface area contributed by atoms with E-state index in [0.717, 1.165) is 11.1 Å². The standard InChI is InChI=1S/C11H15N5O5/c1-12-9-6-10(14-4-16(9)20)15(3-13-6)11-8(19)7(18)5(2-17)21-11/h3-5,7-8,11,17-20H,2H2,1H3/t5-,7-,8-,11-/m1/s1. The maximum Gasteiger partial charge on any atom is 0.194 e. The van der Waals surface area contributed by atoms with Crippen LogP contribution in [0.2, 0.25) is 0 Å². The summed E-state index contributed by atoms with van der Waals surface area (Å²) in [7, 11) is 1.49. The quantitative estimate of drug-likeness (QED) is 0.454. The number of fused-ring (bicyclic) bond motifs is 1. The van der Waals surface area contributed by atoms with Crippen molar-refractivity contribution in [3.05, 3.63) is 18.1 Å². The van der Waals surface area contributed by atoms with Crippen LogP contribution < -0.4 is 5.49 Å². The molecule has 21 heavy (non-hydrogen) atoms. The van der Waals surface area contributed by atoms with Crippen molar-refractivity contribution < 1.29 is 25.3 Å². The van der Waals surface area contributed by atoms with Crippen molar-refractivity contribution in [3.8, 4) is 0 Å². The molecule has 0 aromatic carbocycles. The number of rotatable bonds is 2. The zero-order chi connectivity index (χ0) is 15.1. The van der Waals surface area contributed by atoms with Crippen molar-refractivity contribution in [2.45, 2.75) is 24.5 Å². The summed E-state index contributed by atoms with van der Waals surface area (Å²) >= 11 is 0. The Morgan fingerprint density at radius 1 is 1.29 bits per heavy atom. The zero-order valence-corrected chi connectivity index (χ0v) is 11.1. The molecule has 10 nitrogen and oxygen atoms in total. The van der Waals surface area contributed by atoms with Gasteiger partial charge in [-0.2, -0.15) is 4.73 Å². The third-order valence-corrected chi connectivity index (χ3v) is 3.49. The Bertz CT molecular complexity index is 725. The van der Waals surface area contributed by atoms with Gasteiger partial charge in [0.05, 0.1) is 12.9 Å². The van der Waals surface area contributed by atoms with Crippen LogP contribution in [0.3, 0.4) is 0 Å². The molecule has 10 heteroatoms. The van der Waals surface area contributed by atoms with Gasteiger partial charge in [-0.25, -0.2) is 9.97 Å². The second kappa shape index (κ2) is 5.07. The van der Waals surface area contributed by atoms with Crippen molar-refractivity contribution in [3.63, 3.8) is 0 Å². The Labute approximate surface area is 118 Å². The van der Waals surface area contributed by atoms with Gasteiger partial charge in [0.2, 0.25) is 0 Å². The Morgan fingerprint density at radius 2 is 2.05 bits per heavy atom. The van der Waals surface area contributed by atoms with E-state index < -0.39 is 31.1 Å². The fraction of sp³-hybridized carbons (Fsp3) is 0.545. The summed E-state index contributed by atoms with van der Waals surface area (Å²) in [5.74, 6) is 0. The molecule has 0 amide bonds. The predicted octanol–water partition coefficient (Wildman–Crippen LogP) is -2.39. The topological polar surface area (TPSA) is 138 Å². The van der Waals surface area contributed by atoms with Crippen LogP contribution in [-0.4, -0.2) is 71.8 Å². The fourth-order valence-electron chi connectivity index (χ4n) is 2.42. The van der Waals surface area contributed by atoms with E-state index in [2.05, 4.69) is 15.0 Å².